The van der Waals surface area contributed by atoms with Crippen molar-refractivity contribution in [3.05, 3.63) is 84.4 Å². The smallest absolute Gasteiger partial charge is 0.264 e. The van der Waals surface area contributed by atoms with Gasteiger partial charge in [-0.05, 0) is 48.5 Å². The minimum absolute atomic E-state index is 0.00649. The summed E-state index contributed by atoms with van der Waals surface area (Å²) >= 11 is 0. The molecule has 0 aliphatic carbocycles. The lowest BCUT2D eigenvalue weighted by molar-refractivity contribution is -0.119. The predicted molar refractivity (Wildman–Crippen MR) is 118 cm³/mol. The number of para-hydroxylation sites is 1. The van der Waals surface area contributed by atoms with Gasteiger partial charge in [0.2, 0.25) is 0 Å². The van der Waals surface area contributed by atoms with E-state index in [1.54, 1.807) is 60.7 Å². The first-order chi connectivity index (χ1) is 14.9. The van der Waals surface area contributed by atoms with E-state index in [1.807, 2.05) is 0 Å². The molecule has 1 amide bonds. The number of sulfonamides is 1. The summed E-state index contributed by atoms with van der Waals surface area (Å²) in [5.41, 5.74) is 3.00. The van der Waals surface area contributed by atoms with Gasteiger partial charge in [0.1, 0.15) is 18.0 Å². The van der Waals surface area contributed by atoms with Crippen LogP contribution in [0.15, 0.2) is 88.9 Å². The van der Waals surface area contributed by atoms with Crippen LogP contribution in [-0.2, 0) is 14.8 Å². The molecule has 2 N–H and O–H groups in total. The Morgan fingerprint density at radius 1 is 1.03 bits per heavy atom. The number of benzene rings is 3. The number of nitrogens with one attached hydrogen (secondary N) is 1. The number of hydrazone groups is 1. The largest absolute Gasteiger partial charge is 0.507 e. The first-order valence-electron chi connectivity index (χ1n) is 9.23. The molecule has 0 saturated carbocycles. The van der Waals surface area contributed by atoms with Crippen LogP contribution in [0.5, 0.6) is 11.5 Å². The highest BCUT2D eigenvalue weighted by molar-refractivity contribution is 7.92. The number of carbonyl (C=O) groups is 1. The highest BCUT2D eigenvalue weighted by Gasteiger charge is 2.27. The van der Waals surface area contributed by atoms with Crippen molar-refractivity contribution in [3.63, 3.8) is 0 Å². The summed E-state index contributed by atoms with van der Waals surface area (Å²) in [6.45, 7) is -0.498. The zero-order valence-corrected chi connectivity index (χ0v) is 17.5. The SMILES string of the molecule is COc1ccc(N(CC(=O)NN=Cc2ccccc2O)S(=O)(=O)c2ccccc2)cc1. The second-order valence-corrected chi connectivity index (χ2v) is 8.24. The van der Waals surface area contributed by atoms with E-state index < -0.39 is 22.5 Å². The molecular formula is C22H21N3O5S. The number of phenols is 1. The lowest BCUT2D eigenvalue weighted by atomic mass is 10.2. The summed E-state index contributed by atoms with van der Waals surface area (Å²) in [5, 5.41) is 13.5. The van der Waals surface area contributed by atoms with E-state index in [2.05, 4.69) is 10.5 Å². The number of hydrogen-bond donors (Lipinski definition) is 2. The fraction of sp³-hybridized carbons (Fsp3) is 0.0909. The molecule has 31 heavy (non-hydrogen) atoms. The summed E-state index contributed by atoms with van der Waals surface area (Å²) in [7, 11) is -2.51. The quantitative estimate of drug-likeness (QED) is 0.414. The van der Waals surface area contributed by atoms with Crippen molar-refractivity contribution in [2.75, 3.05) is 18.0 Å². The molecule has 0 fully saturated rings. The van der Waals surface area contributed by atoms with Crippen molar-refractivity contribution in [1.82, 2.24) is 5.43 Å². The van der Waals surface area contributed by atoms with Gasteiger partial charge in [0.05, 0.1) is 23.9 Å². The lowest BCUT2D eigenvalue weighted by Gasteiger charge is -2.23. The van der Waals surface area contributed by atoms with Gasteiger partial charge in [0.25, 0.3) is 15.9 Å². The normalized spacial score (nSPS) is 11.3. The second-order valence-electron chi connectivity index (χ2n) is 6.37. The highest BCUT2D eigenvalue weighted by atomic mass is 32.2. The maximum Gasteiger partial charge on any atom is 0.264 e. The van der Waals surface area contributed by atoms with Crippen LogP contribution >= 0.6 is 0 Å². The van der Waals surface area contributed by atoms with Crippen LogP contribution in [0.4, 0.5) is 5.69 Å². The second kappa shape index (κ2) is 9.77. The van der Waals surface area contributed by atoms with E-state index in [4.69, 9.17) is 4.74 Å². The Morgan fingerprint density at radius 2 is 1.68 bits per heavy atom. The van der Waals surface area contributed by atoms with E-state index in [0.29, 0.717) is 17.0 Å². The van der Waals surface area contributed by atoms with Gasteiger partial charge in [-0.3, -0.25) is 9.10 Å². The third-order valence-electron chi connectivity index (χ3n) is 4.31. The zero-order chi connectivity index (χ0) is 22.3. The van der Waals surface area contributed by atoms with Crippen LogP contribution < -0.4 is 14.5 Å². The lowest BCUT2D eigenvalue weighted by Crippen LogP contribution is -2.39. The maximum atomic E-state index is 13.2. The summed E-state index contributed by atoms with van der Waals surface area (Å²) in [5.74, 6) is -0.0912. The Labute approximate surface area is 180 Å². The molecule has 160 valence electrons. The summed E-state index contributed by atoms with van der Waals surface area (Å²) in [4.78, 5) is 12.5. The van der Waals surface area contributed by atoms with Gasteiger partial charge in [0.15, 0.2) is 0 Å². The third-order valence-corrected chi connectivity index (χ3v) is 6.10. The van der Waals surface area contributed by atoms with Gasteiger partial charge < -0.3 is 9.84 Å². The van der Waals surface area contributed by atoms with Crippen molar-refractivity contribution in [2.24, 2.45) is 5.10 Å². The fourth-order valence-electron chi connectivity index (χ4n) is 2.72. The molecule has 0 atom stereocenters. The van der Waals surface area contributed by atoms with E-state index in [1.165, 1.54) is 31.5 Å². The topological polar surface area (TPSA) is 108 Å². The molecule has 0 spiro atoms. The standard InChI is InChI=1S/C22H21N3O5S/c1-30-19-13-11-18(12-14-19)25(31(28,29)20-8-3-2-4-9-20)16-22(27)24-23-15-17-7-5-6-10-21(17)26/h2-15,26H,16H2,1H3,(H,24,27). The van der Waals surface area contributed by atoms with Gasteiger partial charge in [-0.15, -0.1) is 0 Å². The fourth-order valence-corrected chi connectivity index (χ4v) is 4.16. The van der Waals surface area contributed by atoms with Crippen LogP contribution in [0.2, 0.25) is 0 Å². The van der Waals surface area contributed by atoms with E-state index >= 15 is 0 Å². The molecule has 0 aliphatic rings. The maximum absolute atomic E-state index is 13.2. The number of rotatable bonds is 8. The van der Waals surface area contributed by atoms with Crippen molar-refractivity contribution in [3.8, 4) is 11.5 Å². The Bertz CT molecular complexity index is 1160. The van der Waals surface area contributed by atoms with Gasteiger partial charge in [-0.1, -0.05) is 30.3 Å². The first-order valence-corrected chi connectivity index (χ1v) is 10.7. The Hall–Kier alpha value is -3.85. The number of phenolic OH excluding ortho intramolecular Hbond substituents is 1. The Balaban J connectivity index is 1.84. The highest BCUT2D eigenvalue weighted by Crippen LogP contribution is 2.25. The average Bonchev–Trinajstić information content (AvgIpc) is 2.79. The number of carbonyl (C=O) groups excluding carboxylic acids is 1. The van der Waals surface area contributed by atoms with E-state index in [0.717, 1.165) is 4.31 Å². The molecule has 8 nitrogen and oxygen atoms in total. The van der Waals surface area contributed by atoms with Gasteiger partial charge in [-0.25, -0.2) is 13.8 Å². The van der Waals surface area contributed by atoms with E-state index in [9.17, 15) is 18.3 Å². The van der Waals surface area contributed by atoms with Crippen molar-refractivity contribution >= 4 is 27.8 Å². The minimum Gasteiger partial charge on any atom is -0.507 e. The summed E-state index contributed by atoms with van der Waals surface area (Å²) < 4.78 is 32.5. The van der Waals surface area contributed by atoms with Crippen LogP contribution in [0, 0.1) is 0 Å². The molecule has 0 saturated heterocycles. The van der Waals surface area contributed by atoms with Crippen molar-refractivity contribution in [2.45, 2.75) is 4.90 Å². The molecule has 3 aromatic carbocycles. The molecule has 0 heterocycles. The van der Waals surface area contributed by atoms with Crippen molar-refractivity contribution in [1.29, 1.82) is 0 Å². The van der Waals surface area contributed by atoms with Crippen molar-refractivity contribution < 1.29 is 23.1 Å². The molecule has 3 rings (SSSR count). The zero-order valence-electron chi connectivity index (χ0n) is 16.7. The molecule has 0 aliphatic heterocycles. The molecule has 0 aromatic heterocycles. The number of hydrogen-bond acceptors (Lipinski definition) is 6. The third kappa shape index (κ3) is 5.40. The monoisotopic (exact) mass is 439 g/mol. The number of ether oxygens (including phenoxy) is 1. The van der Waals surface area contributed by atoms with E-state index in [-0.39, 0.29) is 10.6 Å². The number of methoxy groups -OCH3 is 1. The molecule has 0 bridgehead atoms. The van der Waals surface area contributed by atoms with Crippen LogP contribution in [-0.4, -0.2) is 39.3 Å². The minimum atomic E-state index is -4.01. The first kappa shape index (κ1) is 21.8. The molecule has 0 radical (unpaired) electrons. The van der Waals surface area contributed by atoms with Gasteiger partial charge in [0, 0.05) is 5.56 Å². The average molecular weight is 439 g/mol. The van der Waals surface area contributed by atoms with Gasteiger partial charge >= 0.3 is 0 Å². The van der Waals surface area contributed by atoms with Crippen LogP contribution in [0.25, 0.3) is 0 Å². The Kier molecular flexibility index (Phi) is 6.88. The number of nitrogens with zero attached hydrogens (tertiary/aromatic N) is 2. The predicted octanol–water partition coefficient (Wildman–Crippen LogP) is 2.75. The number of anilines is 1. The van der Waals surface area contributed by atoms with Crippen LogP contribution in [0.1, 0.15) is 5.56 Å². The molecule has 0 unspecified atom stereocenters. The number of aromatic hydroxyl groups is 1. The summed E-state index contributed by atoms with van der Waals surface area (Å²) in [6, 6.07) is 20.6. The summed E-state index contributed by atoms with van der Waals surface area (Å²) in [6.07, 6.45) is 1.27. The molecule has 9 heteroatoms. The van der Waals surface area contributed by atoms with Gasteiger partial charge in [-0.2, -0.15) is 5.10 Å². The van der Waals surface area contributed by atoms with Crippen LogP contribution in [0.3, 0.4) is 0 Å². The number of amides is 1. The molecule has 3 aromatic rings. The molecular weight excluding hydrogens is 418 g/mol. The Morgan fingerprint density at radius 3 is 2.32 bits per heavy atom.